The minimum Gasteiger partial charge on any atom is -0.495 e. The topological polar surface area (TPSA) is 93.2 Å². The van der Waals surface area contributed by atoms with E-state index in [4.69, 9.17) is 16.3 Å². The van der Waals surface area contributed by atoms with Gasteiger partial charge in [0, 0.05) is 11.6 Å². The lowest BCUT2D eigenvalue weighted by Crippen LogP contribution is -2.15. The van der Waals surface area contributed by atoms with Crippen LogP contribution in [0.2, 0.25) is 5.15 Å². The summed E-state index contributed by atoms with van der Waals surface area (Å²) in [6.07, 6.45) is 1.54. The van der Waals surface area contributed by atoms with Gasteiger partial charge in [-0.25, -0.2) is 9.97 Å². The van der Waals surface area contributed by atoms with E-state index in [0.29, 0.717) is 38.6 Å². The molecule has 2 aromatic carbocycles. The summed E-state index contributed by atoms with van der Waals surface area (Å²) in [7, 11) is 1.55. The lowest BCUT2D eigenvalue weighted by Gasteiger charge is -2.12. The van der Waals surface area contributed by atoms with Gasteiger partial charge in [0.2, 0.25) is 5.91 Å². The third-order valence-electron chi connectivity index (χ3n) is 4.68. The molecule has 0 aliphatic rings. The van der Waals surface area contributed by atoms with Crippen molar-refractivity contribution in [3.05, 3.63) is 83.6 Å². The second kappa shape index (κ2) is 10.3. The van der Waals surface area contributed by atoms with Gasteiger partial charge >= 0.3 is 0 Å². The van der Waals surface area contributed by atoms with Gasteiger partial charge in [0.25, 0.3) is 5.91 Å². The molecule has 2 heterocycles. The van der Waals surface area contributed by atoms with Crippen LogP contribution < -0.4 is 15.4 Å². The predicted molar refractivity (Wildman–Crippen MR) is 131 cm³/mol. The number of carbonyl (C=O) groups is 2. The molecule has 9 heteroatoms. The van der Waals surface area contributed by atoms with Gasteiger partial charge in [-0.05, 0) is 36.4 Å². The van der Waals surface area contributed by atoms with Crippen molar-refractivity contribution in [2.75, 3.05) is 23.5 Å². The van der Waals surface area contributed by atoms with Crippen LogP contribution in [0.4, 0.5) is 11.4 Å². The largest absolute Gasteiger partial charge is 0.495 e. The standard InChI is InChI=1S/C24H19ClN4O3S/c1-32-20-11-5-4-9-18(20)29-24(31)16-13-22(28-17-8-3-2-7-15(16)17)33-14-21(30)27-19-10-6-12-26-23(19)25/h2-13H,14H2,1H3,(H,27,30)(H,29,31). The number of benzene rings is 2. The molecule has 0 saturated carbocycles. The molecule has 0 aliphatic heterocycles. The molecule has 0 aliphatic carbocycles. The Morgan fingerprint density at radius 1 is 1.00 bits per heavy atom. The van der Waals surface area contributed by atoms with Crippen LogP contribution in [0.1, 0.15) is 10.4 Å². The van der Waals surface area contributed by atoms with E-state index in [-0.39, 0.29) is 22.7 Å². The summed E-state index contributed by atoms with van der Waals surface area (Å²) >= 11 is 7.22. The number of nitrogens with one attached hydrogen (secondary N) is 2. The number of methoxy groups -OCH3 is 1. The summed E-state index contributed by atoms with van der Waals surface area (Å²) in [4.78, 5) is 34.1. The predicted octanol–water partition coefficient (Wildman–Crippen LogP) is 5.27. The highest BCUT2D eigenvalue weighted by Gasteiger charge is 2.16. The first-order valence-electron chi connectivity index (χ1n) is 9.92. The summed E-state index contributed by atoms with van der Waals surface area (Å²) in [6, 6.07) is 19.6. The SMILES string of the molecule is COc1ccccc1NC(=O)c1cc(SCC(=O)Nc2cccnc2Cl)nc2ccccc12. The van der Waals surface area contributed by atoms with Gasteiger partial charge in [-0.2, -0.15) is 0 Å². The van der Waals surface area contributed by atoms with Crippen molar-refractivity contribution >= 4 is 57.5 Å². The Kier molecular flexibility index (Phi) is 7.07. The summed E-state index contributed by atoms with van der Waals surface area (Å²) in [5.41, 5.74) is 2.11. The number of halogens is 1. The molecule has 0 atom stereocenters. The van der Waals surface area contributed by atoms with Crippen molar-refractivity contribution in [3.8, 4) is 5.75 Å². The van der Waals surface area contributed by atoms with E-state index in [1.165, 1.54) is 11.8 Å². The maximum atomic E-state index is 13.2. The summed E-state index contributed by atoms with van der Waals surface area (Å²) in [6.45, 7) is 0. The van der Waals surface area contributed by atoms with Crippen LogP contribution in [0.15, 0.2) is 78.0 Å². The number of aromatic nitrogens is 2. The molecule has 0 saturated heterocycles. The highest BCUT2D eigenvalue weighted by atomic mass is 35.5. The lowest BCUT2D eigenvalue weighted by atomic mass is 10.1. The number of fused-ring (bicyclic) bond motifs is 1. The summed E-state index contributed by atoms with van der Waals surface area (Å²) in [5, 5.41) is 7.10. The highest BCUT2D eigenvalue weighted by Crippen LogP contribution is 2.28. The van der Waals surface area contributed by atoms with Crippen LogP contribution in [0.5, 0.6) is 5.75 Å². The van der Waals surface area contributed by atoms with E-state index >= 15 is 0 Å². The number of pyridine rings is 2. The van der Waals surface area contributed by atoms with Crippen molar-refractivity contribution in [3.63, 3.8) is 0 Å². The number of hydrogen-bond donors (Lipinski definition) is 2. The molecule has 7 nitrogen and oxygen atoms in total. The second-order valence-corrected chi connectivity index (χ2v) is 8.21. The Balaban J connectivity index is 1.56. The van der Waals surface area contributed by atoms with Gasteiger partial charge < -0.3 is 15.4 Å². The van der Waals surface area contributed by atoms with Gasteiger partial charge in [-0.15, -0.1) is 0 Å². The van der Waals surface area contributed by atoms with E-state index in [1.54, 1.807) is 43.6 Å². The number of nitrogens with zero attached hydrogens (tertiary/aromatic N) is 2. The van der Waals surface area contributed by atoms with E-state index in [1.807, 2.05) is 36.4 Å². The number of anilines is 2. The molecule has 0 radical (unpaired) electrons. The van der Waals surface area contributed by atoms with Crippen LogP contribution in [0.3, 0.4) is 0 Å². The van der Waals surface area contributed by atoms with Crippen LogP contribution in [-0.2, 0) is 4.79 Å². The first-order valence-corrected chi connectivity index (χ1v) is 11.3. The number of hydrogen-bond acceptors (Lipinski definition) is 6. The number of carbonyl (C=O) groups excluding carboxylic acids is 2. The lowest BCUT2D eigenvalue weighted by molar-refractivity contribution is -0.113. The van der Waals surface area contributed by atoms with Crippen LogP contribution in [-0.4, -0.2) is 34.6 Å². The molecule has 0 spiro atoms. The van der Waals surface area contributed by atoms with Gasteiger partial charge in [0.15, 0.2) is 5.15 Å². The molecule has 0 fully saturated rings. The minimum atomic E-state index is -0.299. The van der Waals surface area contributed by atoms with Crippen molar-refractivity contribution in [2.24, 2.45) is 0 Å². The Morgan fingerprint density at radius 3 is 2.58 bits per heavy atom. The van der Waals surface area contributed by atoms with E-state index in [9.17, 15) is 9.59 Å². The molecule has 0 bridgehead atoms. The maximum Gasteiger partial charge on any atom is 0.256 e. The minimum absolute atomic E-state index is 0.0874. The summed E-state index contributed by atoms with van der Waals surface area (Å²) in [5.74, 6) is 0.0883. The Labute approximate surface area is 199 Å². The summed E-state index contributed by atoms with van der Waals surface area (Å²) < 4.78 is 5.33. The smallest absolute Gasteiger partial charge is 0.256 e. The van der Waals surface area contributed by atoms with Crippen molar-refractivity contribution in [2.45, 2.75) is 5.03 Å². The van der Waals surface area contributed by atoms with Crippen molar-refractivity contribution < 1.29 is 14.3 Å². The van der Waals surface area contributed by atoms with E-state index in [0.717, 1.165) is 0 Å². The van der Waals surface area contributed by atoms with Crippen LogP contribution in [0.25, 0.3) is 10.9 Å². The third-order valence-corrected chi connectivity index (χ3v) is 5.89. The van der Waals surface area contributed by atoms with Crippen molar-refractivity contribution in [1.82, 2.24) is 9.97 Å². The zero-order valence-corrected chi connectivity index (χ0v) is 19.1. The van der Waals surface area contributed by atoms with Gasteiger partial charge in [-0.3, -0.25) is 9.59 Å². The van der Waals surface area contributed by atoms with E-state index < -0.39 is 0 Å². The molecular formula is C24H19ClN4O3S. The second-order valence-electron chi connectivity index (χ2n) is 6.86. The number of thioether (sulfide) groups is 1. The third kappa shape index (κ3) is 5.42. The van der Waals surface area contributed by atoms with E-state index in [2.05, 4.69) is 20.6 Å². The quantitative estimate of drug-likeness (QED) is 0.277. The molecule has 2 amide bonds. The molecule has 0 unspecified atom stereocenters. The van der Waals surface area contributed by atoms with Gasteiger partial charge in [0.05, 0.1) is 40.3 Å². The first-order chi connectivity index (χ1) is 16.0. The first kappa shape index (κ1) is 22.6. The molecule has 2 aromatic heterocycles. The number of ether oxygens (including phenoxy) is 1. The maximum absolute atomic E-state index is 13.2. The highest BCUT2D eigenvalue weighted by molar-refractivity contribution is 7.99. The normalized spacial score (nSPS) is 10.6. The van der Waals surface area contributed by atoms with Gasteiger partial charge in [-0.1, -0.05) is 53.7 Å². The molecule has 4 rings (SSSR count). The Hall–Kier alpha value is -3.62. The van der Waals surface area contributed by atoms with Gasteiger partial charge in [0.1, 0.15) is 5.75 Å². The fraction of sp³-hybridized carbons (Fsp3) is 0.0833. The number of amides is 2. The monoisotopic (exact) mass is 478 g/mol. The average molecular weight is 479 g/mol. The Morgan fingerprint density at radius 2 is 1.76 bits per heavy atom. The number of para-hydroxylation sites is 3. The average Bonchev–Trinajstić information content (AvgIpc) is 2.84. The zero-order valence-electron chi connectivity index (χ0n) is 17.5. The fourth-order valence-corrected chi connectivity index (χ4v) is 4.04. The van der Waals surface area contributed by atoms with Crippen molar-refractivity contribution in [1.29, 1.82) is 0 Å². The molecule has 33 heavy (non-hydrogen) atoms. The fourth-order valence-electron chi connectivity index (χ4n) is 3.16. The van der Waals surface area contributed by atoms with Crippen LogP contribution in [0, 0.1) is 0 Å². The Bertz CT molecular complexity index is 1330. The van der Waals surface area contributed by atoms with Crippen LogP contribution >= 0.6 is 23.4 Å². The molecule has 2 N–H and O–H groups in total. The molecule has 166 valence electrons. The zero-order chi connectivity index (χ0) is 23.2. The molecule has 4 aromatic rings. The molecular weight excluding hydrogens is 460 g/mol. The number of rotatable bonds is 7.